The van der Waals surface area contributed by atoms with Crippen LogP contribution in [-0.4, -0.2) is 48.4 Å². The molecule has 0 heterocycles. The molecule has 1 aliphatic rings. The Kier molecular flexibility index (Phi) is 8.56. The Balaban J connectivity index is 1.39. The zero-order valence-electron chi connectivity index (χ0n) is 18.6. The largest absolute Gasteiger partial charge is 0.573 e. The van der Waals surface area contributed by atoms with Gasteiger partial charge in [0.15, 0.2) is 0 Å². The maximum absolute atomic E-state index is 12.3. The molecule has 3 rings (SSSR count). The van der Waals surface area contributed by atoms with E-state index in [1.54, 1.807) is 24.3 Å². The number of hydrogen-bond donors (Lipinski definition) is 3. The highest BCUT2D eigenvalue weighted by Gasteiger charge is 2.31. The molecular weight excluding hydrogens is 469 g/mol. The molecule has 2 aromatic rings. The lowest BCUT2D eigenvalue weighted by atomic mass is 9.87. The number of nitrogens with one attached hydrogen (secondary N) is 2. The Labute approximate surface area is 199 Å². The van der Waals surface area contributed by atoms with Gasteiger partial charge in [-0.25, -0.2) is 0 Å². The molecule has 2 amide bonds. The van der Waals surface area contributed by atoms with E-state index in [1.807, 2.05) is 0 Å². The molecule has 35 heavy (non-hydrogen) atoms. The zero-order chi connectivity index (χ0) is 25.4. The number of aliphatic carboxylic acids is 1. The van der Waals surface area contributed by atoms with Crippen LogP contribution in [0, 0.1) is 5.92 Å². The average molecular weight is 494 g/mol. The van der Waals surface area contributed by atoms with Crippen LogP contribution in [0.25, 0.3) is 0 Å². The van der Waals surface area contributed by atoms with Gasteiger partial charge in [0.05, 0.1) is 12.0 Å². The minimum absolute atomic E-state index is 0.00916. The fraction of sp³-hybridized carbons (Fsp3) is 0.375. The second-order valence-electron chi connectivity index (χ2n) is 8.04. The van der Waals surface area contributed by atoms with Crippen molar-refractivity contribution in [3.05, 3.63) is 59.7 Å². The summed E-state index contributed by atoms with van der Waals surface area (Å²) in [5.41, 5.74) is 0.375. The molecule has 0 unspecified atom stereocenters. The first-order chi connectivity index (χ1) is 16.6. The number of rotatable bonds is 9. The van der Waals surface area contributed by atoms with Gasteiger partial charge in [-0.1, -0.05) is 6.07 Å². The third kappa shape index (κ3) is 8.20. The molecule has 8 nitrogen and oxygen atoms in total. The highest BCUT2D eigenvalue weighted by atomic mass is 19.4. The van der Waals surface area contributed by atoms with Crippen molar-refractivity contribution in [2.75, 3.05) is 13.1 Å². The Morgan fingerprint density at radius 2 is 1.46 bits per heavy atom. The second kappa shape index (κ2) is 11.6. The third-order valence-electron chi connectivity index (χ3n) is 5.47. The molecule has 1 fully saturated rings. The summed E-state index contributed by atoms with van der Waals surface area (Å²) in [6.07, 6.45) is -2.46. The van der Waals surface area contributed by atoms with Gasteiger partial charge in [-0.15, -0.1) is 13.2 Å². The molecule has 0 bridgehead atoms. The number of halogens is 3. The fourth-order valence-corrected chi connectivity index (χ4v) is 3.70. The van der Waals surface area contributed by atoms with Gasteiger partial charge in [-0.05, 0) is 68.1 Å². The van der Waals surface area contributed by atoms with Crippen LogP contribution in [0.15, 0.2) is 48.5 Å². The predicted molar refractivity (Wildman–Crippen MR) is 118 cm³/mol. The Hall–Kier alpha value is -3.76. The lowest BCUT2D eigenvalue weighted by Gasteiger charge is -2.26. The normalized spacial score (nSPS) is 17.8. The highest BCUT2D eigenvalue weighted by Crippen LogP contribution is 2.28. The molecule has 0 saturated heterocycles. The van der Waals surface area contributed by atoms with Crippen LogP contribution in [0.1, 0.15) is 46.4 Å². The summed E-state index contributed by atoms with van der Waals surface area (Å²) in [6, 6.07) is 11.2. The number of amides is 2. The molecule has 2 aromatic carbocycles. The van der Waals surface area contributed by atoms with Gasteiger partial charge in [0.1, 0.15) is 11.5 Å². The molecule has 0 aliphatic heterocycles. The first-order valence-corrected chi connectivity index (χ1v) is 11.0. The first-order valence-electron chi connectivity index (χ1n) is 11.0. The molecule has 0 radical (unpaired) electrons. The smallest absolute Gasteiger partial charge is 0.490 e. The third-order valence-corrected chi connectivity index (χ3v) is 5.47. The van der Waals surface area contributed by atoms with Crippen molar-refractivity contribution >= 4 is 17.8 Å². The van der Waals surface area contributed by atoms with Crippen molar-refractivity contribution in [3.63, 3.8) is 0 Å². The first kappa shape index (κ1) is 25.9. The van der Waals surface area contributed by atoms with Crippen LogP contribution in [0.2, 0.25) is 0 Å². The van der Waals surface area contributed by atoms with Crippen molar-refractivity contribution in [1.82, 2.24) is 10.6 Å². The van der Waals surface area contributed by atoms with E-state index >= 15 is 0 Å². The second-order valence-corrected chi connectivity index (χ2v) is 8.04. The molecular formula is C24H25F3N2O6. The maximum Gasteiger partial charge on any atom is 0.573 e. The molecule has 11 heteroatoms. The molecule has 0 atom stereocenters. The summed E-state index contributed by atoms with van der Waals surface area (Å²) < 4.78 is 46.6. The van der Waals surface area contributed by atoms with E-state index in [1.165, 1.54) is 12.1 Å². The van der Waals surface area contributed by atoms with Gasteiger partial charge in [-0.2, -0.15) is 0 Å². The van der Waals surface area contributed by atoms with Gasteiger partial charge < -0.3 is 25.2 Å². The molecule has 0 spiro atoms. The van der Waals surface area contributed by atoms with E-state index in [2.05, 4.69) is 15.4 Å². The number of hydrogen-bond acceptors (Lipinski definition) is 5. The quantitative estimate of drug-likeness (QED) is 0.458. The lowest BCUT2D eigenvalue weighted by Crippen LogP contribution is -2.34. The summed E-state index contributed by atoms with van der Waals surface area (Å²) in [7, 11) is 0. The average Bonchev–Trinajstić information content (AvgIpc) is 2.81. The van der Waals surface area contributed by atoms with Crippen molar-refractivity contribution in [2.24, 2.45) is 5.92 Å². The number of carboxylic acids is 1. The number of carboxylic acid groups (broad SMARTS) is 1. The van der Waals surface area contributed by atoms with Gasteiger partial charge in [0.2, 0.25) is 0 Å². The molecule has 3 N–H and O–H groups in total. The van der Waals surface area contributed by atoms with Crippen LogP contribution in [0.5, 0.6) is 11.5 Å². The Morgan fingerprint density at radius 1 is 0.857 bits per heavy atom. The summed E-state index contributed by atoms with van der Waals surface area (Å²) in [6.45, 7) is 0.170. The van der Waals surface area contributed by atoms with Crippen molar-refractivity contribution < 1.29 is 42.1 Å². The van der Waals surface area contributed by atoms with Crippen LogP contribution >= 0.6 is 0 Å². The van der Waals surface area contributed by atoms with Gasteiger partial charge >= 0.3 is 12.3 Å². The van der Waals surface area contributed by atoms with E-state index in [0.717, 1.165) is 12.1 Å². The number of carbonyl (C=O) groups excluding carboxylic acids is 2. The van der Waals surface area contributed by atoms with E-state index in [0.29, 0.717) is 37.0 Å². The Bertz CT molecular complexity index is 1030. The molecule has 188 valence electrons. The minimum atomic E-state index is -4.86. The number of alkyl halides is 3. The topological polar surface area (TPSA) is 114 Å². The zero-order valence-corrected chi connectivity index (χ0v) is 18.6. The standard InChI is InChI=1S/C24H25F3N2O6/c25-24(26,27)35-20-3-1-2-17(14-20)22(31)29-13-12-28-21(30)15-4-8-18(9-5-15)34-19-10-6-16(7-11-19)23(32)33/h1-5,8-9,14,16,19H,6-7,10-13H2,(H,28,30)(H,29,31)(H,32,33). The molecule has 0 aromatic heterocycles. The van der Waals surface area contributed by atoms with E-state index in [-0.39, 0.29) is 36.6 Å². The van der Waals surface area contributed by atoms with E-state index in [4.69, 9.17) is 9.84 Å². The van der Waals surface area contributed by atoms with Crippen LogP contribution in [-0.2, 0) is 4.79 Å². The van der Waals surface area contributed by atoms with Gasteiger partial charge in [0.25, 0.3) is 11.8 Å². The van der Waals surface area contributed by atoms with Crippen molar-refractivity contribution in [1.29, 1.82) is 0 Å². The van der Waals surface area contributed by atoms with E-state index < -0.39 is 24.0 Å². The van der Waals surface area contributed by atoms with Crippen LogP contribution < -0.4 is 20.1 Å². The summed E-state index contributed by atoms with van der Waals surface area (Å²) >= 11 is 0. The van der Waals surface area contributed by atoms with Gasteiger partial charge in [0, 0.05) is 24.2 Å². The van der Waals surface area contributed by atoms with Crippen molar-refractivity contribution in [2.45, 2.75) is 38.1 Å². The maximum atomic E-state index is 12.3. The number of benzene rings is 2. The number of ether oxygens (including phenoxy) is 2. The van der Waals surface area contributed by atoms with Crippen molar-refractivity contribution in [3.8, 4) is 11.5 Å². The highest BCUT2D eigenvalue weighted by molar-refractivity contribution is 5.95. The molecule has 1 aliphatic carbocycles. The SMILES string of the molecule is O=C(NCCNC(=O)c1cccc(OC(F)(F)F)c1)c1ccc(OC2CCC(C(=O)O)CC2)cc1. The summed E-state index contributed by atoms with van der Waals surface area (Å²) in [5, 5.41) is 14.2. The predicted octanol–water partition coefficient (Wildman–Crippen LogP) is 3.77. The number of carbonyl (C=O) groups is 3. The van der Waals surface area contributed by atoms with E-state index in [9.17, 15) is 27.6 Å². The minimum Gasteiger partial charge on any atom is -0.490 e. The fourth-order valence-electron chi connectivity index (χ4n) is 3.70. The lowest BCUT2D eigenvalue weighted by molar-refractivity contribution is -0.274. The van der Waals surface area contributed by atoms with Crippen LogP contribution in [0.4, 0.5) is 13.2 Å². The molecule has 1 saturated carbocycles. The Morgan fingerprint density at radius 3 is 2.03 bits per heavy atom. The monoisotopic (exact) mass is 494 g/mol. The van der Waals surface area contributed by atoms with Crippen LogP contribution in [0.3, 0.4) is 0 Å². The summed E-state index contributed by atoms with van der Waals surface area (Å²) in [4.78, 5) is 35.4. The summed E-state index contributed by atoms with van der Waals surface area (Å²) in [5.74, 6) is -1.98. The van der Waals surface area contributed by atoms with Gasteiger partial charge in [-0.3, -0.25) is 14.4 Å².